The number of carbonyl (C=O) groups excluding carboxylic acids is 2. The van der Waals surface area contributed by atoms with Crippen molar-refractivity contribution in [2.24, 2.45) is 17.3 Å². The fourth-order valence-electron chi connectivity index (χ4n) is 2.63. The minimum atomic E-state index is 0.308. The number of rotatable bonds is 2. The molecule has 2 heteroatoms. The van der Waals surface area contributed by atoms with Crippen LogP contribution in [0.2, 0.25) is 0 Å². The second kappa shape index (κ2) is 2.16. The summed E-state index contributed by atoms with van der Waals surface area (Å²) >= 11 is 0. The van der Waals surface area contributed by atoms with Crippen LogP contribution >= 0.6 is 0 Å². The van der Waals surface area contributed by atoms with E-state index in [4.69, 9.17) is 0 Å². The predicted octanol–water partition coefficient (Wildman–Crippen LogP) is 1.19. The van der Waals surface area contributed by atoms with Gasteiger partial charge in [-0.2, -0.15) is 0 Å². The molecule has 0 saturated heterocycles. The lowest BCUT2D eigenvalue weighted by Gasteiger charge is -2.55. The van der Waals surface area contributed by atoms with Gasteiger partial charge in [-0.1, -0.05) is 0 Å². The standard InChI is InChI=1S/C9H12O2/c10-5-7-1-9(2-7)3-8(4-9)6-11/h5-8H,1-4H2. The van der Waals surface area contributed by atoms with E-state index in [1.807, 2.05) is 0 Å². The van der Waals surface area contributed by atoms with Crippen LogP contribution in [0.25, 0.3) is 0 Å². The molecule has 2 aliphatic rings. The van der Waals surface area contributed by atoms with Gasteiger partial charge >= 0.3 is 0 Å². The molecule has 2 fully saturated rings. The number of hydrogen-bond donors (Lipinski definition) is 0. The first-order valence-electron chi connectivity index (χ1n) is 4.19. The summed E-state index contributed by atoms with van der Waals surface area (Å²) < 4.78 is 0. The second-order valence-corrected chi connectivity index (χ2v) is 4.11. The summed E-state index contributed by atoms with van der Waals surface area (Å²) in [6.07, 6.45) is 6.28. The molecular weight excluding hydrogens is 140 g/mol. The van der Waals surface area contributed by atoms with E-state index < -0.39 is 0 Å². The molecule has 0 heterocycles. The van der Waals surface area contributed by atoms with Gasteiger partial charge in [0, 0.05) is 11.8 Å². The van der Waals surface area contributed by atoms with Crippen molar-refractivity contribution < 1.29 is 9.59 Å². The molecule has 0 amide bonds. The van der Waals surface area contributed by atoms with Crippen molar-refractivity contribution in [3.8, 4) is 0 Å². The smallest absolute Gasteiger partial charge is 0.123 e. The number of hydrogen-bond acceptors (Lipinski definition) is 2. The molecule has 2 nitrogen and oxygen atoms in total. The van der Waals surface area contributed by atoms with Crippen LogP contribution in [-0.2, 0) is 9.59 Å². The van der Waals surface area contributed by atoms with E-state index in [1.165, 1.54) is 0 Å². The molecular formula is C9H12O2. The third-order valence-corrected chi connectivity index (χ3v) is 3.17. The summed E-state index contributed by atoms with van der Waals surface area (Å²) in [4.78, 5) is 20.6. The van der Waals surface area contributed by atoms with Gasteiger partial charge in [0.25, 0.3) is 0 Å². The molecule has 1 spiro atoms. The van der Waals surface area contributed by atoms with Crippen molar-refractivity contribution in [1.82, 2.24) is 0 Å². The topological polar surface area (TPSA) is 34.1 Å². The summed E-state index contributed by atoms with van der Waals surface area (Å²) in [7, 11) is 0. The minimum Gasteiger partial charge on any atom is -0.303 e. The highest BCUT2D eigenvalue weighted by atomic mass is 16.1. The van der Waals surface area contributed by atoms with Gasteiger partial charge in [0.1, 0.15) is 12.6 Å². The van der Waals surface area contributed by atoms with Crippen LogP contribution < -0.4 is 0 Å². The summed E-state index contributed by atoms with van der Waals surface area (Å²) in [6, 6.07) is 0. The molecule has 2 aliphatic carbocycles. The van der Waals surface area contributed by atoms with Crippen LogP contribution in [0.5, 0.6) is 0 Å². The molecule has 0 radical (unpaired) electrons. The van der Waals surface area contributed by atoms with Gasteiger partial charge in [-0.05, 0) is 31.1 Å². The molecule has 0 unspecified atom stereocenters. The van der Waals surface area contributed by atoms with E-state index in [0.717, 1.165) is 38.3 Å². The predicted molar refractivity (Wildman–Crippen MR) is 40.0 cm³/mol. The highest BCUT2D eigenvalue weighted by Gasteiger charge is 2.52. The Labute approximate surface area is 66.0 Å². The molecule has 60 valence electrons. The monoisotopic (exact) mass is 152 g/mol. The highest BCUT2D eigenvalue weighted by Crippen LogP contribution is 2.59. The SMILES string of the molecule is O=CC1CC2(C1)CC(C=O)C2. The number of carbonyl (C=O) groups is 2. The van der Waals surface area contributed by atoms with Crippen molar-refractivity contribution in [2.45, 2.75) is 25.7 Å². The molecule has 0 bridgehead atoms. The van der Waals surface area contributed by atoms with Gasteiger partial charge in [-0.3, -0.25) is 0 Å². The van der Waals surface area contributed by atoms with Crippen LogP contribution in [0.3, 0.4) is 0 Å². The Kier molecular flexibility index (Phi) is 1.38. The Balaban J connectivity index is 1.83. The van der Waals surface area contributed by atoms with Crippen LogP contribution in [0.15, 0.2) is 0 Å². The van der Waals surface area contributed by atoms with E-state index >= 15 is 0 Å². The molecule has 0 aliphatic heterocycles. The summed E-state index contributed by atoms with van der Waals surface area (Å²) in [5.41, 5.74) is 0.428. The van der Waals surface area contributed by atoms with Crippen molar-refractivity contribution in [2.75, 3.05) is 0 Å². The van der Waals surface area contributed by atoms with Gasteiger partial charge in [-0.25, -0.2) is 0 Å². The Morgan fingerprint density at radius 1 is 0.909 bits per heavy atom. The molecule has 0 aromatic carbocycles. The first-order valence-corrected chi connectivity index (χ1v) is 4.19. The third kappa shape index (κ3) is 0.924. The zero-order valence-electron chi connectivity index (χ0n) is 6.45. The summed E-state index contributed by atoms with van der Waals surface area (Å²) in [6.45, 7) is 0. The van der Waals surface area contributed by atoms with Gasteiger partial charge in [0.05, 0.1) is 0 Å². The molecule has 2 saturated carbocycles. The Morgan fingerprint density at radius 3 is 1.55 bits per heavy atom. The van der Waals surface area contributed by atoms with Gasteiger partial charge in [0.15, 0.2) is 0 Å². The summed E-state index contributed by atoms with van der Waals surface area (Å²) in [5.74, 6) is 0.616. The van der Waals surface area contributed by atoms with Gasteiger partial charge in [0.2, 0.25) is 0 Å². The minimum absolute atomic E-state index is 0.308. The van der Waals surface area contributed by atoms with Gasteiger partial charge in [-0.15, -0.1) is 0 Å². The normalized spacial score (nSPS) is 47.6. The molecule has 0 atom stereocenters. The lowest BCUT2D eigenvalue weighted by molar-refractivity contribution is -0.133. The van der Waals surface area contributed by atoms with E-state index in [0.29, 0.717) is 17.3 Å². The van der Waals surface area contributed by atoms with Crippen LogP contribution in [-0.4, -0.2) is 12.6 Å². The molecule has 0 aromatic heterocycles. The third-order valence-electron chi connectivity index (χ3n) is 3.17. The van der Waals surface area contributed by atoms with Crippen molar-refractivity contribution >= 4 is 12.6 Å². The van der Waals surface area contributed by atoms with Crippen molar-refractivity contribution in [3.05, 3.63) is 0 Å². The van der Waals surface area contributed by atoms with Crippen LogP contribution in [0, 0.1) is 17.3 Å². The largest absolute Gasteiger partial charge is 0.303 e. The number of aldehydes is 2. The van der Waals surface area contributed by atoms with Crippen LogP contribution in [0.1, 0.15) is 25.7 Å². The molecule has 2 rings (SSSR count). The first kappa shape index (κ1) is 7.01. The molecule has 0 N–H and O–H groups in total. The second-order valence-electron chi connectivity index (χ2n) is 4.11. The lowest BCUT2D eigenvalue weighted by Crippen LogP contribution is -2.48. The fraction of sp³-hybridized carbons (Fsp3) is 0.778. The average molecular weight is 152 g/mol. The van der Waals surface area contributed by atoms with E-state index in [9.17, 15) is 9.59 Å². The zero-order chi connectivity index (χ0) is 7.90. The Hall–Kier alpha value is -0.660. The maximum absolute atomic E-state index is 10.3. The van der Waals surface area contributed by atoms with E-state index in [1.54, 1.807) is 0 Å². The maximum Gasteiger partial charge on any atom is 0.123 e. The Bertz CT molecular complexity index is 160. The average Bonchev–Trinajstić information content (AvgIpc) is 1.83. The lowest BCUT2D eigenvalue weighted by atomic mass is 9.49. The van der Waals surface area contributed by atoms with Crippen LogP contribution in [0.4, 0.5) is 0 Å². The molecule has 11 heavy (non-hydrogen) atoms. The van der Waals surface area contributed by atoms with Crippen molar-refractivity contribution in [3.63, 3.8) is 0 Å². The Morgan fingerprint density at radius 2 is 1.27 bits per heavy atom. The van der Waals surface area contributed by atoms with E-state index in [-0.39, 0.29) is 0 Å². The maximum atomic E-state index is 10.3. The summed E-state index contributed by atoms with van der Waals surface area (Å²) in [5, 5.41) is 0. The zero-order valence-corrected chi connectivity index (χ0v) is 6.45. The van der Waals surface area contributed by atoms with Gasteiger partial charge < -0.3 is 9.59 Å². The fourth-order valence-corrected chi connectivity index (χ4v) is 2.63. The first-order chi connectivity index (χ1) is 5.28. The molecule has 0 aromatic rings. The van der Waals surface area contributed by atoms with E-state index in [2.05, 4.69) is 0 Å². The highest BCUT2D eigenvalue weighted by molar-refractivity contribution is 5.59. The van der Waals surface area contributed by atoms with Crippen molar-refractivity contribution in [1.29, 1.82) is 0 Å². The quantitative estimate of drug-likeness (QED) is 0.557.